The molecule has 0 aromatic heterocycles. The zero-order valence-corrected chi connectivity index (χ0v) is 8.64. The van der Waals surface area contributed by atoms with E-state index in [1.54, 1.807) is 6.92 Å². The van der Waals surface area contributed by atoms with E-state index in [-0.39, 0.29) is 12.2 Å². The number of aldehydes is 1. The Hall–Kier alpha value is -1.01. The summed E-state index contributed by atoms with van der Waals surface area (Å²) in [5.41, 5.74) is 0.268. The van der Waals surface area contributed by atoms with Crippen LogP contribution in [0.1, 0.15) is 6.92 Å². The van der Waals surface area contributed by atoms with Crippen LogP contribution in [0.5, 0.6) is 0 Å². The number of hydrogen-bond acceptors (Lipinski definition) is 5. The van der Waals surface area contributed by atoms with Crippen LogP contribution in [0.3, 0.4) is 0 Å². The lowest BCUT2D eigenvalue weighted by atomic mass is 9.96. The monoisotopic (exact) mass is 214 g/mol. The average Bonchev–Trinajstić information content (AvgIpc) is 2.21. The van der Waals surface area contributed by atoms with Gasteiger partial charge in [0.2, 0.25) is 11.6 Å². The highest BCUT2D eigenvalue weighted by molar-refractivity contribution is 5.78. The van der Waals surface area contributed by atoms with Gasteiger partial charge in [-0.2, -0.15) is 0 Å². The molecule has 0 spiro atoms. The highest BCUT2D eigenvalue weighted by Gasteiger charge is 2.50. The molecule has 1 aliphatic rings. The summed E-state index contributed by atoms with van der Waals surface area (Å²) < 4.78 is 10.1. The first-order valence-corrected chi connectivity index (χ1v) is 4.52. The lowest BCUT2D eigenvalue weighted by Gasteiger charge is -2.39. The number of hydrogen-bond donors (Lipinski definition) is 2. The predicted molar refractivity (Wildman–Crippen MR) is 51.8 cm³/mol. The molecule has 5 heteroatoms. The van der Waals surface area contributed by atoms with Gasteiger partial charge in [0.05, 0.1) is 0 Å². The largest absolute Gasteiger partial charge is 0.358 e. The summed E-state index contributed by atoms with van der Waals surface area (Å²) in [6, 6.07) is 0. The van der Waals surface area contributed by atoms with Crippen LogP contribution in [0.4, 0.5) is 0 Å². The van der Waals surface area contributed by atoms with E-state index >= 15 is 0 Å². The van der Waals surface area contributed by atoms with Crippen molar-refractivity contribution in [2.45, 2.75) is 18.5 Å². The van der Waals surface area contributed by atoms with E-state index in [1.165, 1.54) is 19.3 Å². The number of carbonyl (C=O) groups is 1. The van der Waals surface area contributed by atoms with Crippen LogP contribution >= 0.6 is 0 Å². The van der Waals surface area contributed by atoms with E-state index in [9.17, 15) is 15.0 Å². The number of aliphatic hydroxyl groups is 2. The SMILES string of the molecule is CCOC1(OC)C=C(C=O)C=CC1(O)O. The maximum absolute atomic E-state index is 10.6. The Morgan fingerprint density at radius 3 is 2.67 bits per heavy atom. The van der Waals surface area contributed by atoms with Crippen molar-refractivity contribution in [3.8, 4) is 0 Å². The van der Waals surface area contributed by atoms with Crippen molar-refractivity contribution >= 4 is 6.29 Å². The van der Waals surface area contributed by atoms with E-state index in [2.05, 4.69) is 0 Å². The highest BCUT2D eigenvalue weighted by Crippen LogP contribution is 2.32. The van der Waals surface area contributed by atoms with Crippen LogP contribution in [0.25, 0.3) is 0 Å². The van der Waals surface area contributed by atoms with E-state index in [0.29, 0.717) is 6.29 Å². The van der Waals surface area contributed by atoms with Crippen LogP contribution in [-0.2, 0) is 14.3 Å². The van der Waals surface area contributed by atoms with Crippen LogP contribution in [0.2, 0.25) is 0 Å². The molecule has 1 atom stereocenters. The van der Waals surface area contributed by atoms with Gasteiger partial charge in [-0.05, 0) is 19.1 Å². The number of allylic oxidation sites excluding steroid dienone is 2. The molecule has 0 heterocycles. The second-order valence-corrected chi connectivity index (χ2v) is 3.13. The normalized spacial score (nSPS) is 28.7. The Kier molecular flexibility index (Phi) is 3.41. The first-order chi connectivity index (χ1) is 7.01. The van der Waals surface area contributed by atoms with Gasteiger partial charge in [-0.15, -0.1) is 0 Å². The molecule has 0 saturated heterocycles. The molecule has 0 aromatic rings. The molecule has 5 nitrogen and oxygen atoms in total. The molecule has 0 bridgehead atoms. The average molecular weight is 214 g/mol. The van der Waals surface area contributed by atoms with E-state index in [4.69, 9.17) is 9.47 Å². The van der Waals surface area contributed by atoms with Crippen LogP contribution in [0, 0.1) is 0 Å². The number of rotatable bonds is 4. The van der Waals surface area contributed by atoms with Gasteiger partial charge in [-0.3, -0.25) is 4.79 Å². The quantitative estimate of drug-likeness (QED) is 0.498. The molecule has 2 N–H and O–H groups in total. The van der Waals surface area contributed by atoms with Crippen molar-refractivity contribution in [3.05, 3.63) is 23.8 Å². The lowest BCUT2D eigenvalue weighted by Crippen LogP contribution is -2.56. The minimum Gasteiger partial charge on any atom is -0.358 e. The summed E-state index contributed by atoms with van der Waals surface area (Å²) in [5.74, 6) is -4.02. The minimum absolute atomic E-state index is 0.215. The highest BCUT2D eigenvalue weighted by atomic mass is 16.7. The Morgan fingerprint density at radius 2 is 2.20 bits per heavy atom. The maximum atomic E-state index is 10.6. The summed E-state index contributed by atoms with van der Waals surface area (Å²) in [6.07, 6.45) is 4.17. The van der Waals surface area contributed by atoms with E-state index in [1.807, 2.05) is 0 Å². The smallest absolute Gasteiger partial charge is 0.248 e. The van der Waals surface area contributed by atoms with Gasteiger partial charge in [0.25, 0.3) is 0 Å². The van der Waals surface area contributed by atoms with E-state index < -0.39 is 11.6 Å². The summed E-state index contributed by atoms with van der Waals surface area (Å²) in [6.45, 7) is 1.90. The molecular formula is C10H14O5. The number of ether oxygens (including phenoxy) is 2. The fraction of sp³-hybridized carbons (Fsp3) is 0.500. The predicted octanol–water partition coefficient (Wildman–Crippen LogP) is -0.258. The number of methoxy groups -OCH3 is 1. The van der Waals surface area contributed by atoms with Crippen LogP contribution < -0.4 is 0 Å². The minimum atomic E-state index is -2.29. The first kappa shape index (κ1) is 12.1. The summed E-state index contributed by atoms with van der Waals surface area (Å²) in [4.78, 5) is 10.6. The van der Waals surface area contributed by atoms with Crippen molar-refractivity contribution in [3.63, 3.8) is 0 Å². The number of carbonyl (C=O) groups excluding carboxylic acids is 1. The second-order valence-electron chi connectivity index (χ2n) is 3.13. The maximum Gasteiger partial charge on any atom is 0.248 e. The molecule has 0 radical (unpaired) electrons. The molecule has 15 heavy (non-hydrogen) atoms. The van der Waals surface area contributed by atoms with Crippen molar-refractivity contribution < 1.29 is 24.5 Å². The van der Waals surface area contributed by atoms with Crippen molar-refractivity contribution in [1.29, 1.82) is 0 Å². The van der Waals surface area contributed by atoms with Crippen molar-refractivity contribution in [1.82, 2.24) is 0 Å². The van der Waals surface area contributed by atoms with Crippen molar-refractivity contribution in [2.75, 3.05) is 13.7 Å². The molecule has 0 aromatic carbocycles. The molecule has 0 amide bonds. The van der Waals surface area contributed by atoms with Gasteiger partial charge >= 0.3 is 0 Å². The standard InChI is InChI=1S/C10H14O5/c1-3-15-10(14-2)6-8(7-11)4-5-9(10,12)13/h4-7,12-13H,3H2,1-2H3. The lowest BCUT2D eigenvalue weighted by molar-refractivity contribution is -0.335. The van der Waals surface area contributed by atoms with Gasteiger partial charge < -0.3 is 19.7 Å². The Bertz CT molecular complexity index is 305. The Morgan fingerprint density at radius 1 is 1.53 bits per heavy atom. The third-order valence-corrected chi connectivity index (χ3v) is 2.18. The molecular weight excluding hydrogens is 200 g/mol. The first-order valence-electron chi connectivity index (χ1n) is 4.52. The molecule has 1 rings (SSSR count). The molecule has 1 aliphatic carbocycles. The summed E-state index contributed by atoms with van der Waals surface area (Å²) in [5, 5.41) is 19.4. The third-order valence-electron chi connectivity index (χ3n) is 2.18. The van der Waals surface area contributed by atoms with E-state index in [0.717, 1.165) is 6.08 Å². The van der Waals surface area contributed by atoms with Gasteiger partial charge in [0.15, 0.2) is 0 Å². The summed E-state index contributed by atoms with van der Waals surface area (Å²) >= 11 is 0. The second kappa shape index (κ2) is 4.24. The zero-order valence-electron chi connectivity index (χ0n) is 8.64. The van der Waals surface area contributed by atoms with Crippen LogP contribution in [0.15, 0.2) is 23.8 Å². The van der Waals surface area contributed by atoms with Crippen molar-refractivity contribution in [2.24, 2.45) is 0 Å². The molecule has 0 saturated carbocycles. The van der Waals surface area contributed by atoms with Gasteiger partial charge in [-0.25, -0.2) is 0 Å². The molecule has 0 fully saturated rings. The summed E-state index contributed by atoms with van der Waals surface area (Å²) in [7, 11) is 1.27. The molecule has 0 aliphatic heterocycles. The topological polar surface area (TPSA) is 76.0 Å². The van der Waals surface area contributed by atoms with Gasteiger partial charge in [0, 0.05) is 19.3 Å². The van der Waals surface area contributed by atoms with Gasteiger partial charge in [0.1, 0.15) is 6.29 Å². The third kappa shape index (κ3) is 2.00. The Labute approximate surface area is 87.6 Å². The molecule has 84 valence electrons. The van der Waals surface area contributed by atoms with Gasteiger partial charge in [-0.1, -0.05) is 6.08 Å². The fourth-order valence-corrected chi connectivity index (χ4v) is 1.41. The van der Waals surface area contributed by atoms with Crippen LogP contribution in [-0.4, -0.2) is 41.8 Å². The Balaban J connectivity index is 3.14. The zero-order chi connectivity index (χ0) is 11.5. The molecule has 1 unspecified atom stereocenters. The fourth-order valence-electron chi connectivity index (χ4n) is 1.41.